The SMILES string of the molecule is O=C1c2ccc(OC3CCOCC3)cc2CCCN1CC(O)CN1CCc2ccccc2C1. The van der Waals surface area contributed by atoms with E-state index in [1.54, 1.807) is 0 Å². The molecule has 0 aromatic heterocycles. The zero-order valence-corrected chi connectivity index (χ0v) is 19.2. The summed E-state index contributed by atoms with van der Waals surface area (Å²) in [5.74, 6) is 0.857. The number of hydrogen-bond acceptors (Lipinski definition) is 5. The molecular weight excluding hydrogens is 416 g/mol. The molecule has 3 heterocycles. The average molecular weight is 451 g/mol. The molecule has 0 bridgehead atoms. The van der Waals surface area contributed by atoms with Crippen molar-refractivity contribution in [2.75, 3.05) is 39.4 Å². The Morgan fingerprint density at radius 1 is 1.00 bits per heavy atom. The smallest absolute Gasteiger partial charge is 0.254 e. The van der Waals surface area contributed by atoms with Gasteiger partial charge in [0.05, 0.1) is 19.3 Å². The first-order chi connectivity index (χ1) is 16.2. The van der Waals surface area contributed by atoms with E-state index in [2.05, 4.69) is 29.2 Å². The van der Waals surface area contributed by atoms with Crippen molar-refractivity contribution < 1.29 is 19.4 Å². The largest absolute Gasteiger partial charge is 0.490 e. The van der Waals surface area contributed by atoms with Gasteiger partial charge in [-0.25, -0.2) is 0 Å². The molecule has 0 saturated carbocycles. The molecule has 1 N–H and O–H groups in total. The second kappa shape index (κ2) is 10.2. The number of aliphatic hydroxyl groups excluding tert-OH is 1. The second-order valence-electron chi connectivity index (χ2n) is 9.51. The number of aliphatic hydroxyl groups is 1. The highest BCUT2D eigenvalue weighted by Crippen LogP contribution is 2.26. The van der Waals surface area contributed by atoms with Crippen molar-refractivity contribution in [3.63, 3.8) is 0 Å². The van der Waals surface area contributed by atoms with Crippen molar-refractivity contribution in [3.8, 4) is 5.75 Å². The van der Waals surface area contributed by atoms with E-state index in [-0.39, 0.29) is 12.0 Å². The summed E-state index contributed by atoms with van der Waals surface area (Å²) < 4.78 is 11.6. The topological polar surface area (TPSA) is 62.2 Å². The number of benzene rings is 2. The van der Waals surface area contributed by atoms with Gasteiger partial charge in [-0.3, -0.25) is 9.69 Å². The van der Waals surface area contributed by atoms with Gasteiger partial charge in [-0.1, -0.05) is 24.3 Å². The summed E-state index contributed by atoms with van der Waals surface area (Å²) in [6.07, 6.45) is 4.19. The van der Waals surface area contributed by atoms with Crippen LogP contribution in [0, 0.1) is 0 Å². The van der Waals surface area contributed by atoms with Crippen molar-refractivity contribution in [2.24, 2.45) is 0 Å². The van der Waals surface area contributed by atoms with Gasteiger partial charge in [-0.15, -0.1) is 0 Å². The Bertz CT molecular complexity index is 972. The third-order valence-electron chi connectivity index (χ3n) is 7.05. The first kappa shape index (κ1) is 22.4. The van der Waals surface area contributed by atoms with E-state index in [1.807, 2.05) is 23.1 Å². The number of carbonyl (C=O) groups excluding carboxylic acids is 1. The second-order valence-corrected chi connectivity index (χ2v) is 9.51. The summed E-state index contributed by atoms with van der Waals surface area (Å²) in [7, 11) is 0. The normalized spacial score (nSPS) is 20.6. The Labute approximate surface area is 196 Å². The molecule has 6 nitrogen and oxygen atoms in total. The zero-order chi connectivity index (χ0) is 22.6. The Balaban J connectivity index is 1.19. The lowest BCUT2D eigenvalue weighted by Gasteiger charge is -2.32. The molecular formula is C27H34N2O4. The van der Waals surface area contributed by atoms with Gasteiger partial charge < -0.3 is 19.5 Å². The summed E-state index contributed by atoms with van der Waals surface area (Å²) in [5.41, 5.74) is 4.54. The molecule has 6 heteroatoms. The van der Waals surface area contributed by atoms with Crippen molar-refractivity contribution in [1.29, 1.82) is 0 Å². The number of hydrogen-bond donors (Lipinski definition) is 1. The average Bonchev–Trinajstić information content (AvgIpc) is 2.98. The number of fused-ring (bicyclic) bond motifs is 2. The molecule has 2 aromatic carbocycles. The van der Waals surface area contributed by atoms with Crippen LogP contribution in [0.2, 0.25) is 0 Å². The maximum absolute atomic E-state index is 13.3. The highest BCUT2D eigenvalue weighted by Gasteiger charge is 2.26. The standard InChI is InChI=1S/C27H34N2O4/c30-23(18-28-13-9-20-4-1-2-5-22(20)17-28)19-29-12-3-6-21-16-25(7-8-26(21)27(29)31)33-24-10-14-32-15-11-24/h1-2,4-5,7-8,16,23-24,30H,3,6,9-15,17-19H2. The summed E-state index contributed by atoms with van der Waals surface area (Å²) >= 11 is 0. The molecule has 1 amide bonds. The maximum atomic E-state index is 13.3. The van der Waals surface area contributed by atoms with E-state index in [0.717, 1.165) is 75.3 Å². The molecule has 3 aliphatic rings. The molecule has 0 aliphatic carbocycles. The Hall–Kier alpha value is -2.41. The molecule has 33 heavy (non-hydrogen) atoms. The minimum atomic E-state index is -0.558. The van der Waals surface area contributed by atoms with Crippen LogP contribution < -0.4 is 4.74 Å². The zero-order valence-electron chi connectivity index (χ0n) is 19.2. The summed E-state index contributed by atoms with van der Waals surface area (Å²) in [4.78, 5) is 17.4. The first-order valence-electron chi connectivity index (χ1n) is 12.3. The lowest BCUT2D eigenvalue weighted by molar-refractivity contribution is 0.0255. The quantitative estimate of drug-likeness (QED) is 0.733. The van der Waals surface area contributed by atoms with Gasteiger partial charge >= 0.3 is 0 Å². The van der Waals surface area contributed by atoms with Crippen LogP contribution in [0.3, 0.4) is 0 Å². The molecule has 176 valence electrons. The predicted molar refractivity (Wildman–Crippen MR) is 127 cm³/mol. The maximum Gasteiger partial charge on any atom is 0.254 e. The molecule has 3 aliphatic heterocycles. The molecule has 2 aromatic rings. The van der Waals surface area contributed by atoms with Crippen LogP contribution >= 0.6 is 0 Å². The van der Waals surface area contributed by atoms with Gasteiger partial charge in [-0.05, 0) is 54.2 Å². The molecule has 0 radical (unpaired) electrons. The highest BCUT2D eigenvalue weighted by atomic mass is 16.5. The fraction of sp³-hybridized carbons (Fsp3) is 0.519. The van der Waals surface area contributed by atoms with Crippen LogP contribution in [0.4, 0.5) is 0 Å². The molecule has 5 rings (SSSR count). The minimum Gasteiger partial charge on any atom is -0.490 e. The molecule has 1 saturated heterocycles. The minimum absolute atomic E-state index is 0.0168. The van der Waals surface area contributed by atoms with Crippen LogP contribution in [0.15, 0.2) is 42.5 Å². The lowest BCUT2D eigenvalue weighted by atomic mass is 10.00. The van der Waals surface area contributed by atoms with Gasteiger partial charge in [0.2, 0.25) is 0 Å². The van der Waals surface area contributed by atoms with Crippen molar-refractivity contribution in [3.05, 3.63) is 64.7 Å². The van der Waals surface area contributed by atoms with E-state index >= 15 is 0 Å². The van der Waals surface area contributed by atoms with Crippen LogP contribution in [0.5, 0.6) is 5.75 Å². The van der Waals surface area contributed by atoms with Gasteiger partial charge in [0.1, 0.15) is 11.9 Å². The van der Waals surface area contributed by atoms with Gasteiger partial charge in [-0.2, -0.15) is 0 Å². The van der Waals surface area contributed by atoms with Crippen LogP contribution in [0.25, 0.3) is 0 Å². The summed E-state index contributed by atoms with van der Waals surface area (Å²) in [6, 6.07) is 14.4. The van der Waals surface area contributed by atoms with Crippen LogP contribution in [-0.4, -0.2) is 72.4 Å². The van der Waals surface area contributed by atoms with Gasteiger partial charge in [0, 0.05) is 51.1 Å². The van der Waals surface area contributed by atoms with Gasteiger partial charge in [0.15, 0.2) is 0 Å². The Kier molecular flexibility index (Phi) is 6.95. The third-order valence-corrected chi connectivity index (χ3v) is 7.05. The van der Waals surface area contributed by atoms with Crippen LogP contribution in [0.1, 0.15) is 46.3 Å². The number of β-amino-alcohol motifs (C(OH)–C–C–N with tert-alkyl or cyclic N) is 1. The lowest BCUT2D eigenvalue weighted by Crippen LogP contribution is -2.44. The highest BCUT2D eigenvalue weighted by molar-refractivity contribution is 5.96. The number of ether oxygens (including phenoxy) is 2. The number of carbonyl (C=O) groups is 1. The van der Waals surface area contributed by atoms with Crippen molar-refractivity contribution in [1.82, 2.24) is 9.80 Å². The number of nitrogens with zero attached hydrogens (tertiary/aromatic N) is 2. The van der Waals surface area contributed by atoms with Crippen molar-refractivity contribution >= 4 is 5.91 Å². The number of aryl methyl sites for hydroxylation is 1. The van der Waals surface area contributed by atoms with E-state index < -0.39 is 6.10 Å². The monoisotopic (exact) mass is 450 g/mol. The van der Waals surface area contributed by atoms with E-state index in [4.69, 9.17) is 9.47 Å². The van der Waals surface area contributed by atoms with Crippen molar-refractivity contribution in [2.45, 2.75) is 50.9 Å². The summed E-state index contributed by atoms with van der Waals surface area (Å²) in [5, 5.41) is 10.8. The molecule has 0 spiro atoms. The fourth-order valence-electron chi connectivity index (χ4n) is 5.27. The molecule has 1 unspecified atom stereocenters. The third kappa shape index (κ3) is 5.40. The summed E-state index contributed by atoms with van der Waals surface area (Å²) in [6.45, 7) is 4.93. The van der Waals surface area contributed by atoms with E-state index in [9.17, 15) is 9.90 Å². The van der Waals surface area contributed by atoms with Crippen LogP contribution in [-0.2, 0) is 24.1 Å². The number of amides is 1. The first-order valence-corrected chi connectivity index (χ1v) is 12.3. The number of rotatable bonds is 6. The Morgan fingerprint density at radius 3 is 2.67 bits per heavy atom. The van der Waals surface area contributed by atoms with Gasteiger partial charge in [0.25, 0.3) is 5.91 Å². The van der Waals surface area contributed by atoms with E-state index in [1.165, 1.54) is 11.1 Å². The fourth-order valence-corrected chi connectivity index (χ4v) is 5.27. The molecule has 1 atom stereocenters. The Morgan fingerprint density at radius 2 is 1.82 bits per heavy atom. The molecule has 1 fully saturated rings. The van der Waals surface area contributed by atoms with E-state index in [0.29, 0.717) is 19.6 Å². The predicted octanol–water partition coefficient (Wildman–Crippen LogP) is 3.05.